The van der Waals surface area contributed by atoms with Crippen molar-refractivity contribution in [3.8, 4) is 11.5 Å². The van der Waals surface area contributed by atoms with E-state index < -0.39 is 32.0 Å². The molecule has 2 rings (SSSR count). The Balaban J connectivity index is 2.38. The number of hydrogen-bond donors (Lipinski definition) is 2. The topological polar surface area (TPSA) is 145 Å². The van der Waals surface area contributed by atoms with Crippen molar-refractivity contribution in [1.29, 1.82) is 0 Å². The molecule has 31 heavy (non-hydrogen) atoms. The van der Waals surface area contributed by atoms with E-state index in [1.54, 1.807) is 13.8 Å². The van der Waals surface area contributed by atoms with Crippen LogP contribution in [-0.2, 0) is 14.8 Å². The van der Waals surface area contributed by atoms with Crippen molar-refractivity contribution in [1.82, 2.24) is 0 Å². The van der Waals surface area contributed by atoms with E-state index in [0.29, 0.717) is 16.9 Å². The van der Waals surface area contributed by atoms with Crippen LogP contribution < -0.4 is 14.2 Å². The number of sulfonamides is 1. The molecule has 0 radical (unpaired) electrons. The van der Waals surface area contributed by atoms with Crippen molar-refractivity contribution in [3.05, 3.63) is 51.6 Å². The van der Waals surface area contributed by atoms with Gasteiger partial charge in [-0.2, -0.15) is 0 Å². The number of carboxylic acids is 1. The number of nitrogens with zero attached hydrogens (tertiary/aromatic N) is 1. The summed E-state index contributed by atoms with van der Waals surface area (Å²) in [5.41, 5.74) is -1.10. The summed E-state index contributed by atoms with van der Waals surface area (Å²) in [7, 11) is -2.82. The van der Waals surface area contributed by atoms with Gasteiger partial charge in [0.05, 0.1) is 28.4 Å². The second-order valence-corrected chi connectivity index (χ2v) is 9.23. The van der Waals surface area contributed by atoms with Crippen LogP contribution in [0.25, 0.3) is 0 Å². The van der Waals surface area contributed by atoms with Crippen molar-refractivity contribution in [2.45, 2.75) is 32.6 Å². The molecule has 2 aromatic carbocycles. The van der Waals surface area contributed by atoms with Crippen LogP contribution in [0.15, 0.2) is 35.2 Å². The monoisotopic (exact) mass is 452 g/mol. The molecule has 0 unspecified atom stereocenters. The van der Waals surface area contributed by atoms with Crippen LogP contribution >= 0.6 is 0 Å². The first-order valence-electron chi connectivity index (χ1n) is 9.11. The smallest absolute Gasteiger partial charge is 0.312 e. The van der Waals surface area contributed by atoms with E-state index in [-0.39, 0.29) is 22.9 Å². The Bertz CT molecular complexity index is 1100. The van der Waals surface area contributed by atoms with Gasteiger partial charge in [-0.3, -0.25) is 19.6 Å². The van der Waals surface area contributed by atoms with Crippen molar-refractivity contribution in [2.24, 2.45) is 5.41 Å². The zero-order valence-corrected chi connectivity index (χ0v) is 18.6. The van der Waals surface area contributed by atoms with Gasteiger partial charge in [0.1, 0.15) is 23.8 Å². The van der Waals surface area contributed by atoms with Crippen LogP contribution in [0.1, 0.15) is 25.0 Å². The fourth-order valence-electron chi connectivity index (χ4n) is 2.81. The van der Waals surface area contributed by atoms with Gasteiger partial charge in [-0.05, 0) is 63.1 Å². The van der Waals surface area contributed by atoms with E-state index in [1.165, 1.54) is 45.2 Å². The predicted molar refractivity (Wildman–Crippen MR) is 113 cm³/mol. The number of benzene rings is 2. The predicted octanol–water partition coefficient (Wildman–Crippen LogP) is 3.51. The van der Waals surface area contributed by atoms with E-state index in [0.717, 1.165) is 6.07 Å². The average Bonchev–Trinajstić information content (AvgIpc) is 2.65. The number of hydrogen-bond acceptors (Lipinski definition) is 7. The van der Waals surface area contributed by atoms with Crippen LogP contribution in [0.4, 0.5) is 11.4 Å². The highest BCUT2D eigenvalue weighted by atomic mass is 32.2. The van der Waals surface area contributed by atoms with E-state index in [1.807, 2.05) is 0 Å². The molecule has 2 N–H and O–H groups in total. The first-order chi connectivity index (χ1) is 14.3. The summed E-state index contributed by atoms with van der Waals surface area (Å²) in [6.07, 6.45) is 0. The van der Waals surface area contributed by atoms with E-state index in [4.69, 9.17) is 9.47 Å². The third-order valence-corrected chi connectivity index (χ3v) is 6.20. The van der Waals surface area contributed by atoms with Crippen LogP contribution in [0.5, 0.6) is 11.5 Å². The number of methoxy groups -OCH3 is 1. The standard InChI is InChI=1S/C20H24N2O8S/c1-12-8-15(30-11-20(3,4)19(23)24)9-13(2)18(12)31(27,28)21-16-7-6-14(29-5)10-17(16)22(25)26/h6-10,21H,11H2,1-5H3,(H,23,24). The minimum absolute atomic E-state index is 0.0533. The lowest BCUT2D eigenvalue weighted by molar-refractivity contribution is -0.384. The van der Waals surface area contributed by atoms with Gasteiger partial charge in [0.2, 0.25) is 0 Å². The largest absolute Gasteiger partial charge is 0.496 e. The van der Waals surface area contributed by atoms with E-state index >= 15 is 0 Å². The normalized spacial score (nSPS) is 11.6. The Morgan fingerprint density at radius 3 is 2.23 bits per heavy atom. The van der Waals surface area contributed by atoms with Crippen molar-refractivity contribution in [2.75, 3.05) is 18.4 Å². The molecule has 0 aliphatic carbocycles. The van der Waals surface area contributed by atoms with E-state index in [9.17, 15) is 28.4 Å². The SMILES string of the molecule is COc1ccc(NS(=O)(=O)c2c(C)cc(OCC(C)(C)C(=O)O)cc2C)c([N+](=O)[O-])c1. The van der Waals surface area contributed by atoms with Crippen LogP contribution in [0.2, 0.25) is 0 Å². The molecule has 0 aliphatic heterocycles. The molecule has 0 bridgehead atoms. The molecular weight excluding hydrogens is 428 g/mol. The highest BCUT2D eigenvalue weighted by molar-refractivity contribution is 7.92. The van der Waals surface area contributed by atoms with Crippen molar-refractivity contribution < 1.29 is 32.7 Å². The van der Waals surface area contributed by atoms with Crippen molar-refractivity contribution in [3.63, 3.8) is 0 Å². The molecule has 2 aromatic rings. The van der Waals surface area contributed by atoms with Gasteiger partial charge in [0, 0.05) is 0 Å². The van der Waals surface area contributed by atoms with Gasteiger partial charge < -0.3 is 14.6 Å². The first-order valence-corrected chi connectivity index (χ1v) is 10.6. The minimum atomic E-state index is -4.17. The molecule has 0 saturated heterocycles. The number of carboxylic acid groups (broad SMARTS) is 1. The lowest BCUT2D eigenvalue weighted by atomic mass is 9.95. The van der Waals surface area contributed by atoms with Crippen LogP contribution in [-0.4, -0.2) is 38.1 Å². The summed E-state index contributed by atoms with van der Waals surface area (Å²) in [6.45, 7) is 6.03. The summed E-state index contributed by atoms with van der Waals surface area (Å²) in [5, 5.41) is 20.5. The van der Waals surface area contributed by atoms with Crippen molar-refractivity contribution >= 4 is 27.4 Å². The number of ether oxygens (including phenoxy) is 2. The fraction of sp³-hybridized carbons (Fsp3) is 0.350. The molecule has 0 aliphatic rings. The number of anilines is 1. The quantitative estimate of drug-likeness (QED) is 0.434. The third kappa shape index (κ3) is 5.43. The molecular formula is C20H24N2O8S. The Labute approximate surface area is 180 Å². The number of nitrogens with one attached hydrogen (secondary N) is 1. The van der Waals surface area contributed by atoms with Gasteiger partial charge in [-0.1, -0.05) is 0 Å². The molecule has 0 aromatic heterocycles. The molecule has 0 heterocycles. The highest BCUT2D eigenvalue weighted by Crippen LogP contribution is 2.33. The first kappa shape index (κ1) is 23.9. The number of nitro benzene ring substituents is 1. The molecule has 168 valence electrons. The molecule has 0 amide bonds. The Hall–Kier alpha value is -3.34. The Kier molecular flexibility index (Phi) is 6.80. The maximum Gasteiger partial charge on any atom is 0.312 e. The van der Waals surface area contributed by atoms with Crippen LogP contribution in [0.3, 0.4) is 0 Å². The molecule has 0 saturated carbocycles. The van der Waals surface area contributed by atoms with Gasteiger partial charge in [0.25, 0.3) is 15.7 Å². The number of rotatable bonds is 9. The highest BCUT2D eigenvalue weighted by Gasteiger charge is 2.29. The third-order valence-electron chi connectivity index (χ3n) is 4.53. The van der Waals surface area contributed by atoms with Gasteiger partial charge in [-0.25, -0.2) is 8.42 Å². The zero-order valence-electron chi connectivity index (χ0n) is 17.8. The molecule has 0 spiro atoms. The number of aryl methyl sites for hydroxylation is 2. The van der Waals surface area contributed by atoms with E-state index in [2.05, 4.69) is 4.72 Å². The lowest BCUT2D eigenvalue weighted by Gasteiger charge is -2.21. The number of nitro groups is 1. The Morgan fingerprint density at radius 1 is 1.16 bits per heavy atom. The second-order valence-electron chi connectivity index (χ2n) is 7.61. The molecule has 10 nitrogen and oxygen atoms in total. The summed E-state index contributed by atoms with van der Waals surface area (Å²) in [5.74, 6) is -0.489. The second kappa shape index (κ2) is 8.80. The lowest BCUT2D eigenvalue weighted by Crippen LogP contribution is -2.30. The summed E-state index contributed by atoms with van der Waals surface area (Å²) < 4.78 is 38.8. The molecule has 0 fully saturated rings. The maximum absolute atomic E-state index is 13.0. The van der Waals surface area contributed by atoms with Gasteiger partial charge in [-0.15, -0.1) is 0 Å². The molecule has 0 atom stereocenters. The summed E-state index contributed by atoms with van der Waals surface area (Å²) in [6, 6.07) is 6.74. The molecule has 11 heteroatoms. The van der Waals surface area contributed by atoms with Gasteiger partial charge >= 0.3 is 5.97 Å². The van der Waals surface area contributed by atoms with Gasteiger partial charge in [0.15, 0.2) is 0 Å². The minimum Gasteiger partial charge on any atom is -0.496 e. The Morgan fingerprint density at radius 2 is 1.74 bits per heavy atom. The number of aliphatic carboxylic acids is 1. The maximum atomic E-state index is 13.0. The summed E-state index contributed by atoms with van der Waals surface area (Å²) >= 11 is 0. The number of carbonyl (C=O) groups is 1. The fourth-order valence-corrected chi connectivity index (χ4v) is 4.34. The summed E-state index contributed by atoms with van der Waals surface area (Å²) in [4.78, 5) is 21.8. The zero-order chi connectivity index (χ0) is 23.6. The van der Waals surface area contributed by atoms with Crippen LogP contribution in [0, 0.1) is 29.4 Å². The average molecular weight is 452 g/mol.